The first-order valence-electron chi connectivity index (χ1n) is 7.03. The van der Waals surface area contributed by atoms with Crippen LogP contribution in [0.15, 0.2) is 30.3 Å². The SMILES string of the molecule is CNc1nc(C(=O)NC(C)CCOC)cc2ccccc12. The minimum absolute atomic E-state index is 0.0451. The zero-order valence-electron chi connectivity index (χ0n) is 12.6. The van der Waals surface area contributed by atoms with Crippen LogP contribution in [0.1, 0.15) is 23.8 Å². The lowest BCUT2D eigenvalue weighted by Crippen LogP contribution is -2.34. The Morgan fingerprint density at radius 3 is 2.86 bits per heavy atom. The molecular weight excluding hydrogens is 266 g/mol. The van der Waals surface area contributed by atoms with Gasteiger partial charge in [-0.05, 0) is 24.8 Å². The lowest BCUT2D eigenvalue weighted by atomic mass is 10.1. The molecule has 112 valence electrons. The standard InChI is InChI=1S/C16H21N3O2/c1-11(8-9-21-3)18-16(20)14-10-12-6-4-5-7-13(12)15(17-2)19-14/h4-7,10-11H,8-9H2,1-3H3,(H,17,19)(H,18,20). The number of amides is 1. The third-order valence-corrected chi connectivity index (χ3v) is 3.34. The van der Waals surface area contributed by atoms with Gasteiger partial charge in [0.05, 0.1) is 0 Å². The van der Waals surface area contributed by atoms with Gasteiger partial charge in [0, 0.05) is 32.2 Å². The monoisotopic (exact) mass is 287 g/mol. The molecule has 0 spiro atoms. The molecule has 5 heteroatoms. The number of hydrogen-bond donors (Lipinski definition) is 2. The van der Waals surface area contributed by atoms with Crippen LogP contribution in [0, 0.1) is 0 Å². The molecule has 1 aromatic carbocycles. The van der Waals surface area contributed by atoms with Crippen LogP contribution in [0.25, 0.3) is 10.8 Å². The van der Waals surface area contributed by atoms with E-state index in [4.69, 9.17) is 4.74 Å². The van der Waals surface area contributed by atoms with Crippen molar-refractivity contribution in [3.05, 3.63) is 36.0 Å². The summed E-state index contributed by atoms with van der Waals surface area (Å²) in [6.45, 7) is 2.57. The van der Waals surface area contributed by atoms with E-state index in [0.717, 1.165) is 17.2 Å². The molecule has 1 unspecified atom stereocenters. The number of aromatic nitrogens is 1. The second kappa shape index (κ2) is 7.04. The molecule has 0 bridgehead atoms. The summed E-state index contributed by atoms with van der Waals surface area (Å²) in [6, 6.07) is 9.72. The highest BCUT2D eigenvalue weighted by Crippen LogP contribution is 2.22. The van der Waals surface area contributed by atoms with Gasteiger partial charge in [-0.1, -0.05) is 24.3 Å². The molecule has 1 amide bonds. The lowest BCUT2D eigenvalue weighted by molar-refractivity contribution is 0.0925. The van der Waals surface area contributed by atoms with Crippen LogP contribution in [-0.4, -0.2) is 37.7 Å². The smallest absolute Gasteiger partial charge is 0.270 e. The van der Waals surface area contributed by atoms with Gasteiger partial charge in [0.15, 0.2) is 0 Å². The topological polar surface area (TPSA) is 63.2 Å². The number of anilines is 1. The molecule has 21 heavy (non-hydrogen) atoms. The Balaban J connectivity index is 2.23. The highest BCUT2D eigenvalue weighted by Gasteiger charge is 2.13. The zero-order chi connectivity index (χ0) is 15.2. The van der Waals surface area contributed by atoms with Crippen LogP contribution in [0.2, 0.25) is 0 Å². The Hall–Kier alpha value is -2.14. The van der Waals surface area contributed by atoms with E-state index in [1.54, 1.807) is 14.2 Å². The molecule has 0 radical (unpaired) electrons. The molecular formula is C16H21N3O2. The van der Waals surface area contributed by atoms with E-state index in [1.807, 2.05) is 37.3 Å². The molecule has 0 saturated carbocycles. The Morgan fingerprint density at radius 1 is 1.38 bits per heavy atom. The van der Waals surface area contributed by atoms with Crippen molar-refractivity contribution in [1.29, 1.82) is 0 Å². The zero-order valence-corrected chi connectivity index (χ0v) is 12.6. The quantitative estimate of drug-likeness (QED) is 0.856. The number of carbonyl (C=O) groups excluding carboxylic acids is 1. The number of benzene rings is 1. The second-order valence-corrected chi connectivity index (χ2v) is 4.98. The molecule has 1 aromatic heterocycles. The molecule has 1 heterocycles. The Bertz CT molecular complexity index is 628. The summed E-state index contributed by atoms with van der Waals surface area (Å²) in [5.41, 5.74) is 0.419. The molecule has 0 aliphatic rings. The van der Waals surface area contributed by atoms with Crippen molar-refractivity contribution in [3.63, 3.8) is 0 Å². The minimum Gasteiger partial charge on any atom is -0.385 e. The van der Waals surface area contributed by atoms with Gasteiger partial charge < -0.3 is 15.4 Å². The van der Waals surface area contributed by atoms with Crippen LogP contribution in [0.3, 0.4) is 0 Å². The lowest BCUT2D eigenvalue weighted by Gasteiger charge is -2.14. The van der Waals surface area contributed by atoms with Crippen molar-refractivity contribution in [3.8, 4) is 0 Å². The van der Waals surface area contributed by atoms with Crippen molar-refractivity contribution in [1.82, 2.24) is 10.3 Å². The molecule has 0 aliphatic heterocycles. The van der Waals surface area contributed by atoms with Gasteiger partial charge in [0.2, 0.25) is 0 Å². The van der Waals surface area contributed by atoms with Crippen LogP contribution < -0.4 is 10.6 Å². The Labute approximate surface area is 124 Å². The molecule has 5 nitrogen and oxygen atoms in total. The van der Waals surface area contributed by atoms with Gasteiger partial charge in [-0.2, -0.15) is 0 Å². The van der Waals surface area contributed by atoms with E-state index in [9.17, 15) is 4.79 Å². The minimum atomic E-state index is -0.166. The third-order valence-electron chi connectivity index (χ3n) is 3.34. The van der Waals surface area contributed by atoms with E-state index in [-0.39, 0.29) is 11.9 Å². The fraction of sp³-hybridized carbons (Fsp3) is 0.375. The Kier molecular flexibility index (Phi) is 5.11. The van der Waals surface area contributed by atoms with Gasteiger partial charge in [0.25, 0.3) is 5.91 Å². The Morgan fingerprint density at radius 2 is 2.14 bits per heavy atom. The maximum Gasteiger partial charge on any atom is 0.270 e. The van der Waals surface area contributed by atoms with E-state index < -0.39 is 0 Å². The number of ether oxygens (including phenoxy) is 1. The molecule has 0 saturated heterocycles. The summed E-state index contributed by atoms with van der Waals surface area (Å²) in [6.07, 6.45) is 0.773. The number of rotatable bonds is 6. The van der Waals surface area contributed by atoms with Crippen LogP contribution in [-0.2, 0) is 4.74 Å². The van der Waals surface area contributed by atoms with Gasteiger partial charge in [-0.15, -0.1) is 0 Å². The van der Waals surface area contributed by atoms with Crippen molar-refractivity contribution in [2.45, 2.75) is 19.4 Å². The predicted molar refractivity (Wildman–Crippen MR) is 84.7 cm³/mol. The maximum absolute atomic E-state index is 12.3. The van der Waals surface area contributed by atoms with Crippen LogP contribution >= 0.6 is 0 Å². The molecule has 1 atom stereocenters. The number of methoxy groups -OCH3 is 1. The van der Waals surface area contributed by atoms with Crippen molar-refractivity contribution >= 4 is 22.5 Å². The van der Waals surface area contributed by atoms with E-state index in [0.29, 0.717) is 18.1 Å². The van der Waals surface area contributed by atoms with Gasteiger partial charge in [0.1, 0.15) is 11.5 Å². The summed E-state index contributed by atoms with van der Waals surface area (Å²) in [7, 11) is 3.45. The van der Waals surface area contributed by atoms with E-state index in [1.165, 1.54) is 0 Å². The highest BCUT2D eigenvalue weighted by molar-refractivity contribution is 6.00. The van der Waals surface area contributed by atoms with Crippen molar-refractivity contribution < 1.29 is 9.53 Å². The first-order chi connectivity index (χ1) is 10.2. The second-order valence-electron chi connectivity index (χ2n) is 4.98. The summed E-state index contributed by atoms with van der Waals surface area (Å²) in [5.74, 6) is 0.545. The number of nitrogens with zero attached hydrogens (tertiary/aromatic N) is 1. The van der Waals surface area contributed by atoms with Crippen molar-refractivity contribution in [2.75, 3.05) is 26.1 Å². The average Bonchev–Trinajstić information content (AvgIpc) is 2.51. The molecule has 2 N–H and O–H groups in total. The number of hydrogen-bond acceptors (Lipinski definition) is 4. The molecule has 2 rings (SSSR count). The van der Waals surface area contributed by atoms with E-state index in [2.05, 4.69) is 15.6 Å². The fourth-order valence-corrected chi connectivity index (χ4v) is 2.17. The first kappa shape index (κ1) is 15.3. The van der Waals surface area contributed by atoms with Crippen LogP contribution in [0.5, 0.6) is 0 Å². The first-order valence-corrected chi connectivity index (χ1v) is 7.03. The number of fused-ring (bicyclic) bond motifs is 1. The maximum atomic E-state index is 12.3. The fourth-order valence-electron chi connectivity index (χ4n) is 2.17. The average molecular weight is 287 g/mol. The summed E-state index contributed by atoms with van der Waals surface area (Å²) < 4.78 is 5.02. The number of nitrogens with one attached hydrogen (secondary N) is 2. The third kappa shape index (κ3) is 3.70. The van der Waals surface area contributed by atoms with Crippen LogP contribution in [0.4, 0.5) is 5.82 Å². The molecule has 0 aliphatic carbocycles. The number of carbonyl (C=O) groups is 1. The molecule has 0 fully saturated rings. The summed E-state index contributed by atoms with van der Waals surface area (Å²) in [4.78, 5) is 16.7. The van der Waals surface area contributed by atoms with Gasteiger partial charge >= 0.3 is 0 Å². The normalized spacial score (nSPS) is 12.1. The summed E-state index contributed by atoms with van der Waals surface area (Å²) >= 11 is 0. The van der Waals surface area contributed by atoms with E-state index >= 15 is 0 Å². The molecule has 2 aromatic rings. The van der Waals surface area contributed by atoms with Gasteiger partial charge in [-0.25, -0.2) is 4.98 Å². The predicted octanol–water partition coefficient (Wildman–Crippen LogP) is 2.43. The highest BCUT2D eigenvalue weighted by atomic mass is 16.5. The van der Waals surface area contributed by atoms with Gasteiger partial charge in [-0.3, -0.25) is 4.79 Å². The largest absolute Gasteiger partial charge is 0.385 e. The number of pyridine rings is 1. The van der Waals surface area contributed by atoms with Crippen molar-refractivity contribution in [2.24, 2.45) is 0 Å². The summed E-state index contributed by atoms with van der Waals surface area (Å²) in [5, 5.41) is 7.98.